The van der Waals surface area contributed by atoms with Gasteiger partial charge in [-0.05, 0) is 67.6 Å². The molecule has 1 aromatic heterocycles. The summed E-state index contributed by atoms with van der Waals surface area (Å²) in [5.41, 5.74) is 5.48. The fourth-order valence-corrected chi connectivity index (χ4v) is 5.42. The van der Waals surface area contributed by atoms with Crippen molar-refractivity contribution in [3.05, 3.63) is 70.9 Å². The quantitative estimate of drug-likeness (QED) is 0.143. The van der Waals surface area contributed by atoms with Crippen molar-refractivity contribution in [1.82, 2.24) is 4.98 Å². The second-order valence-electron chi connectivity index (χ2n) is 11.0. The van der Waals surface area contributed by atoms with E-state index < -0.39 is 5.97 Å². The van der Waals surface area contributed by atoms with E-state index >= 15 is 0 Å². The van der Waals surface area contributed by atoms with E-state index in [1.807, 2.05) is 24.3 Å². The van der Waals surface area contributed by atoms with Crippen molar-refractivity contribution in [2.75, 3.05) is 0 Å². The predicted molar refractivity (Wildman–Crippen MR) is 154 cm³/mol. The molecule has 1 atom stereocenters. The maximum atomic E-state index is 13.3. The highest BCUT2D eigenvalue weighted by Crippen LogP contribution is 2.30. The molecule has 0 aliphatic rings. The molecule has 0 aliphatic carbocycles. The van der Waals surface area contributed by atoms with Gasteiger partial charge in [-0.3, -0.25) is 9.59 Å². The monoisotopic (exact) mass is 503 g/mol. The second kappa shape index (κ2) is 14.8. The van der Waals surface area contributed by atoms with Gasteiger partial charge in [-0.25, -0.2) is 0 Å². The zero-order valence-corrected chi connectivity index (χ0v) is 23.0. The third-order valence-corrected chi connectivity index (χ3v) is 7.34. The Bertz CT molecular complexity index is 1130. The van der Waals surface area contributed by atoms with Gasteiger partial charge >= 0.3 is 5.97 Å². The molecule has 3 aromatic rings. The number of ketones is 1. The molecule has 200 valence electrons. The van der Waals surface area contributed by atoms with Crippen LogP contribution in [0.1, 0.15) is 118 Å². The van der Waals surface area contributed by atoms with Gasteiger partial charge in [0.15, 0.2) is 5.78 Å². The van der Waals surface area contributed by atoms with E-state index in [4.69, 9.17) is 5.11 Å². The number of carboxylic acid groups (broad SMARTS) is 1. The topological polar surface area (TPSA) is 70.2 Å². The van der Waals surface area contributed by atoms with Gasteiger partial charge in [0.1, 0.15) is 0 Å². The van der Waals surface area contributed by atoms with Crippen LogP contribution in [0.15, 0.2) is 48.5 Å². The number of hydrogen-bond donors (Lipinski definition) is 2. The molecule has 1 heterocycles. The molecule has 0 spiro atoms. The molecule has 2 N–H and O–H groups in total. The van der Waals surface area contributed by atoms with Crippen LogP contribution in [0.5, 0.6) is 0 Å². The number of Topliss-reactive ketones (excluding diaryl/α,β-unsaturated/α-hetero) is 1. The number of carbonyl (C=O) groups excluding carboxylic acids is 1. The Labute approximate surface area is 222 Å². The largest absolute Gasteiger partial charge is 0.481 e. The average Bonchev–Trinajstić information content (AvgIpc) is 3.24. The zero-order chi connectivity index (χ0) is 26.6. The summed E-state index contributed by atoms with van der Waals surface area (Å²) in [5, 5.41) is 9.96. The number of rotatable bonds is 17. The summed E-state index contributed by atoms with van der Waals surface area (Å²) in [7, 11) is 0. The van der Waals surface area contributed by atoms with Crippen LogP contribution in [0, 0.1) is 5.92 Å². The summed E-state index contributed by atoms with van der Waals surface area (Å²) < 4.78 is 0. The summed E-state index contributed by atoms with van der Waals surface area (Å²) in [4.78, 5) is 27.6. The molecule has 0 saturated carbocycles. The molecule has 0 aliphatic heterocycles. The van der Waals surface area contributed by atoms with Crippen molar-refractivity contribution in [1.29, 1.82) is 0 Å². The molecule has 37 heavy (non-hydrogen) atoms. The van der Waals surface area contributed by atoms with Crippen LogP contribution in [0.4, 0.5) is 0 Å². The lowest BCUT2D eigenvalue weighted by atomic mass is 9.87. The molecule has 2 aromatic carbocycles. The van der Waals surface area contributed by atoms with Crippen molar-refractivity contribution in [3.63, 3.8) is 0 Å². The van der Waals surface area contributed by atoms with Crippen molar-refractivity contribution in [2.45, 2.75) is 104 Å². The Morgan fingerprint density at radius 2 is 1.59 bits per heavy atom. The lowest BCUT2D eigenvalue weighted by molar-refractivity contribution is -0.137. The molecule has 4 heteroatoms. The van der Waals surface area contributed by atoms with Gasteiger partial charge < -0.3 is 10.1 Å². The standard InChI is InChI=1S/C33H45NO3/c1-4-5-12-26(27-21-19-25(20-22-27)23-24(2)3)13-7-6-8-17-31(35)33-28-14-9-10-15-29(28)34-30(33)16-11-18-32(36)37/h9-10,14-15,19-22,24,26,34H,4-8,11-13,16-18,23H2,1-3H3,(H,36,37). The SMILES string of the molecule is CCCCC(CCCCCC(=O)c1c(CCCC(=O)O)[nH]c2ccccc12)c1ccc(CC(C)C)cc1. The van der Waals surface area contributed by atoms with Crippen molar-refractivity contribution in [3.8, 4) is 0 Å². The first kappa shape index (κ1) is 28.7. The number of carbonyl (C=O) groups is 2. The third kappa shape index (κ3) is 8.87. The smallest absolute Gasteiger partial charge is 0.303 e. The highest BCUT2D eigenvalue weighted by Gasteiger charge is 2.18. The van der Waals surface area contributed by atoms with Crippen LogP contribution < -0.4 is 0 Å². The molecular weight excluding hydrogens is 458 g/mol. The highest BCUT2D eigenvalue weighted by atomic mass is 16.4. The summed E-state index contributed by atoms with van der Waals surface area (Å²) in [6, 6.07) is 17.2. The molecule has 4 nitrogen and oxygen atoms in total. The minimum atomic E-state index is -0.798. The van der Waals surface area contributed by atoms with Crippen molar-refractivity contribution < 1.29 is 14.7 Å². The van der Waals surface area contributed by atoms with Crippen LogP contribution >= 0.6 is 0 Å². The number of aliphatic carboxylic acids is 1. The second-order valence-corrected chi connectivity index (χ2v) is 11.0. The summed E-state index contributed by atoms with van der Waals surface area (Å²) in [5.74, 6) is 0.645. The van der Waals surface area contributed by atoms with Gasteiger partial charge in [0.2, 0.25) is 0 Å². The van der Waals surface area contributed by atoms with Gasteiger partial charge in [0.05, 0.1) is 0 Å². The molecule has 0 bridgehead atoms. The van der Waals surface area contributed by atoms with Crippen LogP contribution in [-0.4, -0.2) is 21.8 Å². The van der Waals surface area contributed by atoms with E-state index in [9.17, 15) is 9.59 Å². The molecule has 0 fully saturated rings. The minimum absolute atomic E-state index is 0.114. The van der Waals surface area contributed by atoms with Crippen molar-refractivity contribution >= 4 is 22.7 Å². The Kier molecular flexibility index (Phi) is 11.4. The van der Waals surface area contributed by atoms with Crippen molar-refractivity contribution in [2.24, 2.45) is 5.92 Å². The maximum absolute atomic E-state index is 13.3. The number of aromatic amines is 1. The molecule has 0 saturated heterocycles. The number of H-pyrrole nitrogens is 1. The highest BCUT2D eigenvalue weighted by molar-refractivity contribution is 6.09. The van der Waals surface area contributed by atoms with E-state index in [0.29, 0.717) is 31.1 Å². The lowest BCUT2D eigenvalue weighted by Crippen LogP contribution is -2.04. The van der Waals surface area contributed by atoms with Crippen LogP contribution in [-0.2, 0) is 17.6 Å². The normalized spacial score (nSPS) is 12.3. The Morgan fingerprint density at radius 3 is 2.30 bits per heavy atom. The van der Waals surface area contributed by atoms with E-state index in [0.717, 1.165) is 47.8 Å². The number of nitrogens with one attached hydrogen (secondary N) is 1. The Balaban J connectivity index is 1.55. The number of unbranched alkanes of at least 4 members (excludes halogenated alkanes) is 3. The maximum Gasteiger partial charge on any atom is 0.303 e. The van der Waals surface area contributed by atoms with Gasteiger partial charge in [-0.1, -0.05) is 88.9 Å². The molecule has 0 radical (unpaired) electrons. The minimum Gasteiger partial charge on any atom is -0.481 e. The summed E-state index contributed by atoms with van der Waals surface area (Å²) in [6.45, 7) is 6.79. The van der Waals surface area contributed by atoms with Gasteiger partial charge in [-0.2, -0.15) is 0 Å². The summed E-state index contributed by atoms with van der Waals surface area (Å²) in [6.07, 6.45) is 10.8. The number of aryl methyl sites for hydroxylation is 1. The van der Waals surface area contributed by atoms with E-state index in [1.54, 1.807) is 0 Å². The van der Waals surface area contributed by atoms with Crippen LogP contribution in [0.25, 0.3) is 10.9 Å². The van der Waals surface area contributed by atoms with E-state index in [2.05, 4.69) is 50.0 Å². The number of hydrogen-bond acceptors (Lipinski definition) is 2. The van der Waals surface area contributed by atoms with Crippen LogP contribution in [0.2, 0.25) is 0 Å². The Hall–Kier alpha value is -2.88. The average molecular weight is 504 g/mol. The fraction of sp³-hybridized carbons (Fsp3) is 0.515. The molecule has 3 rings (SSSR count). The Morgan fingerprint density at radius 1 is 0.865 bits per heavy atom. The molecular formula is C33H45NO3. The lowest BCUT2D eigenvalue weighted by Gasteiger charge is -2.18. The van der Waals surface area contributed by atoms with Crippen LogP contribution in [0.3, 0.4) is 0 Å². The number of carboxylic acids is 1. The first-order valence-electron chi connectivity index (χ1n) is 14.3. The third-order valence-electron chi connectivity index (χ3n) is 7.34. The van der Waals surface area contributed by atoms with E-state index in [-0.39, 0.29) is 12.2 Å². The number of benzene rings is 2. The number of para-hydroxylation sites is 1. The van der Waals surface area contributed by atoms with Gasteiger partial charge in [0.25, 0.3) is 0 Å². The predicted octanol–water partition coefficient (Wildman–Crippen LogP) is 8.88. The number of fused-ring (bicyclic) bond motifs is 1. The summed E-state index contributed by atoms with van der Waals surface area (Å²) >= 11 is 0. The zero-order valence-electron chi connectivity index (χ0n) is 23.0. The number of aromatic nitrogens is 1. The molecule has 1 unspecified atom stereocenters. The van der Waals surface area contributed by atoms with Gasteiger partial charge in [0, 0.05) is 35.0 Å². The first-order chi connectivity index (χ1) is 17.9. The fourth-order valence-electron chi connectivity index (χ4n) is 5.42. The van der Waals surface area contributed by atoms with E-state index in [1.165, 1.54) is 36.8 Å². The molecule has 0 amide bonds. The van der Waals surface area contributed by atoms with Gasteiger partial charge in [-0.15, -0.1) is 0 Å². The first-order valence-corrected chi connectivity index (χ1v) is 14.3.